The fourth-order valence-electron chi connectivity index (χ4n) is 2.22. The molecule has 2 amide bonds. The zero-order valence-electron chi connectivity index (χ0n) is 12.1. The normalized spacial score (nSPS) is 16.4. The molecule has 1 heterocycles. The summed E-state index contributed by atoms with van der Waals surface area (Å²) in [6, 6.07) is 7.30. The number of hydrogen-bond donors (Lipinski definition) is 1. The van der Waals surface area contributed by atoms with Gasteiger partial charge in [-0.1, -0.05) is 30.7 Å². The van der Waals surface area contributed by atoms with Gasteiger partial charge in [0.2, 0.25) is 5.91 Å². The van der Waals surface area contributed by atoms with Gasteiger partial charge < -0.3 is 5.32 Å². The van der Waals surface area contributed by atoms with E-state index in [0.717, 1.165) is 12.0 Å². The van der Waals surface area contributed by atoms with E-state index in [1.807, 2.05) is 25.1 Å². The van der Waals surface area contributed by atoms with Crippen LogP contribution in [-0.2, 0) is 9.59 Å². The predicted octanol–water partition coefficient (Wildman–Crippen LogP) is 2.52. The lowest BCUT2D eigenvalue weighted by atomic mass is 10.0. The number of nitrogens with zero attached hydrogens (tertiary/aromatic N) is 2. The molecule has 0 fully saturated rings. The second-order valence-electron chi connectivity index (χ2n) is 4.95. The van der Waals surface area contributed by atoms with E-state index in [4.69, 9.17) is 11.6 Å². The minimum absolute atomic E-state index is 0.0755. The molecule has 1 atom stereocenters. The maximum absolute atomic E-state index is 12.3. The summed E-state index contributed by atoms with van der Waals surface area (Å²) in [5, 5.41) is 8.83. The average Bonchev–Trinajstić information content (AvgIpc) is 2.47. The van der Waals surface area contributed by atoms with Crippen LogP contribution in [0.2, 0.25) is 5.02 Å². The van der Waals surface area contributed by atoms with Crippen molar-refractivity contribution < 1.29 is 9.59 Å². The molecule has 5 nitrogen and oxygen atoms in total. The van der Waals surface area contributed by atoms with E-state index in [9.17, 15) is 9.59 Å². The van der Waals surface area contributed by atoms with Crippen molar-refractivity contribution in [3.63, 3.8) is 0 Å². The van der Waals surface area contributed by atoms with Gasteiger partial charge in [0.05, 0.1) is 6.04 Å². The van der Waals surface area contributed by atoms with Crippen LogP contribution in [0.15, 0.2) is 29.4 Å². The third-order valence-electron chi connectivity index (χ3n) is 3.43. The van der Waals surface area contributed by atoms with Gasteiger partial charge in [-0.25, -0.2) is 5.01 Å². The average molecular weight is 308 g/mol. The maximum atomic E-state index is 12.3. The van der Waals surface area contributed by atoms with Crippen LogP contribution in [0.25, 0.3) is 0 Å². The quantitative estimate of drug-likeness (QED) is 0.929. The second kappa shape index (κ2) is 6.72. The molecule has 1 unspecified atom stereocenters. The SMILES string of the molecule is CCC(NC(=O)C1=NN(C)C(=O)CC1)c1cccc(Cl)c1. The van der Waals surface area contributed by atoms with Gasteiger partial charge in [-0.3, -0.25) is 9.59 Å². The summed E-state index contributed by atoms with van der Waals surface area (Å²) in [5.74, 6) is -0.311. The Labute approximate surface area is 129 Å². The van der Waals surface area contributed by atoms with Crippen LogP contribution in [-0.4, -0.2) is 29.6 Å². The highest BCUT2D eigenvalue weighted by molar-refractivity contribution is 6.39. The van der Waals surface area contributed by atoms with Gasteiger partial charge in [0, 0.05) is 24.9 Å². The van der Waals surface area contributed by atoms with Crippen molar-refractivity contribution in [3.05, 3.63) is 34.9 Å². The molecule has 0 spiro atoms. The van der Waals surface area contributed by atoms with Crippen molar-refractivity contribution in [1.29, 1.82) is 0 Å². The van der Waals surface area contributed by atoms with E-state index in [2.05, 4.69) is 10.4 Å². The summed E-state index contributed by atoms with van der Waals surface area (Å²) in [7, 11) is 1.56. The van der Waals surface area contributed by atoms with Gasteiger partial charge in [0.1, 0.15) is 5.71 Å². The van der Waals surface area contributed by atoms with Crippen LogP contribution < -0.4 is 5.32 Å². The first kappa shape index (κ1) is 15.5. The number of carbonyl (C=O) groups excluding carboxylic acids is 2. The number of carbonyl (C=O) groups is 2. The van der Waals surface area contributed by atoms with Crippen LogP contribution in [0.4, 0.5) is 0 Å². The molecular weight excluding hydrogens is 290 g/mol. The van der Waals surface area contributed by atoms with E-state index in [1.165, 1.54) is 5.01 Å². The molecule has 0 aromatic heterocycles. The molecular formula is C15H18ClN3O2. The number of hydrogen-bond acceptors (Lipinski definition) is 3. The Morgan fingerprint density at radius 2 is 2.24 bits per heavy atom. The van der Waals surface area contributed by atoms with E-state index in [-0.39, 0.29) is 17.9 Å². The lowest BCUT2D eigenvalue weighted by Gasteiger charge is -2.22. The molecule has 0 saturated heterocycles. The molecule has 21 heavy (non-hydrogen) atoms. The first-order valence-corrected chi connectivity index (χ1v) is 7.29. The van der Waals surface area contributed by atoms with E-state index in [1.54, 1.807) is 13.1 Å². The van der Waals surface area contributed by atoms with Crippen molar-refractivity contribution in [2.45, 2.75) is 32.2 Å². The number of hydrazone groups is 1. The minimum Gasteiger partial charge on any atom is -0.344 e. The molecule has 1 aliphatic rings. The van der Waals surface area contributed by atoms with E-state index < -0.39 is 0 Å². The summed E-state index contributed by atoms with van der Waals surface area (Å²) < 4.78 is 0. The molecule has 1 aromatic rings. The van der Waals surface area contributed by atoms with Crippen LogP contribution >= 0.6 is 11.6 Å². The second-order valence-corrected chi connectivity index (χ2v) is 5.39. The van der Waals surface area contributed by atoms with Gasteiger partial charge in [-0.2, -0.15) is 5.10 Å². The summed E-state index contributed by atoms with van der Waals surface area (Å²) in [6.45, 7) is 1.99. The number of benzene rings is 1. The fraction of sp³-hybridized carbons (Fsp3) is 0.400. The Hall–Kier alpha value is -1.88. The summed E-state index contributed by atoms with van der Waals surface area (Å²) >= 11 is 5.99. The minimum atomic E-state index is -0.235. The molecule has 0 aliphatic carbocycles. The Morgan fingerprint density at radius 1 is 1.48 bits per heavy atom. The van der Waals surface area contributed by atoms with Crippen LogP contribution in [0.5, 0.6) is 0 Å². The van der Waals surface area contributed by atoms with Gasteiger partial charge >= 0.3 is 0 Å². The molecule has 1 N–H and O–H groups in total. The topological polar surface area (TPSA) is 61.8 Å². The lowest BCUT2D eigenvalue weighted by Crippen LogP contribution is -2.39. The first-order chi connectivity index (χ1) is 10.0. The standard InChI is InChI=1S/C15H18ClN3O2/c1-3-12(10-5-4-6-11(16)9-10)17-15(21)13-7-8-14(20)19(2)18-13/h4-6,9,12H,3,7-8H2,1-2H3,(H,17,21). The largest absolute Gasteiger partial charge is 0.344 e. The third kappa shape index (κ3) is 3.82. The smallest absolute Gasteiger partial charge is 0.267 e. The number of nitrogens with one attached hydrogen (secondary N) is 1. The Morgan fingerprint density at radius 3 is 2.86 bits per heavy atom. The molecule has 112 valence electrons. The van der Waals surface area contributed by atoms with Crippen molar-refractivity contribution in [3.8, 4) is 0 Å². The highest BCUT2D eigenvalue weighted by atomic mass is 35.5. The number of amides is 2. The molecule has 0 saturated carbocycles. The highest BCUT2D eigenvalue weighted by Gasteiger charge is 2.23. The van der Waals surface area contributed by atoms with Gasteiger partial charge in [0.25, 0.3) is 5.91 Å². The van der Waals surface area contributed by atoms with Gasteiger partial charge in [-0.15, -0.1) is 0 Å². The molecule has 1 aromatic carbocycles. The third-order valence-corrected chi connectivity index (χ3v) is 3.67. The Balaban J connectivity index is 2.10. The van der Waals surface area contributed by atoms with E-state index in [0.29, 0.717) is 23.6 Å². The highest BCUT2D eigenvalue weighted by Crippen LogP contribution is 2.20. The molecule has 1 aliphatic heterocycles. The fourth-order valence-corrected chi connectivity index (χ4v) is 2.42. The monoisotopic (exact) mass is 307 g/mol. The van der Waals surface area contributed by atoms with Crippen LogP contribution in [0, 0.1) is 0 Å². The summed E-state index contributed by atoms with van der Waals surface area (Å²) in [4.78, 5) is 23.6. The Kier molecular flexibility index (Phi) is 4.96. The zero-order valence-corrected chi connectivity index (χ0v) is 12.9. The van der Waals surface area contributed by atoms with Crippen molar-refractivity contribution >= 4 is 29.1 Å². The van der Waals surface area contributed by atoms with Crippen molar-refractivity contribution in [2.75, 3.05) is 7.05 Å². The van der Waals surface area contributed by atoms with Crippen molar-refractivity contribution in [2.24, 2.45) is 5.10 Å². The van der Waals surface area contributed by atoms with Gasteiger partial charge in [-0.05, 0) is 24.1 Å². The van der Waals surface area contributed by atoms with Crippen LogP contribution in [0.3, 0.4) is 0 Å². The Bertz CT molecular complexity index is 586. The maximum Gasteiger partial charge on any atom is 0.267 e. The number of rotatable bonds is 4. The molecule has 0 radical (unpaired) electrons. The zero-order chi connectivity index (χ0) is 15.4. The van der Waals surface area contributed by atoms with Crippen LogP contribution in [0.1, 0.15) is 37.8 Å². The summed E-state index contributed by atoms with van der Waals surface area (Å²) in [6.07, 6.45) is 1.44. The van der Waals surface area contributed by atoms with Crippen molar-refractivity contribution in [1.82, 2.24) is 10.3 Å². The molecule has 2 rings (SSSR count). The van der Waals surface area contributed by atoms with E-state index >= 15 is 0 Å². The number of halogens is 1. The molecule has 0 bridgehead atoms. The first-order valence-electron chi connectivity index (χ1n) is 6.91. The van der Waals surface area contributed by atoms with Gasteiger partial charge in [0.15, 0.2) is 0 Å². The predicted molar refractivity (Wildman–Crippen MR) is 82.1 cm³/mol. The summed E-state index contributed by atoms with van der Waals surface area (Å²) in [5.41, 5.74) is 1.34. The lowest BCUT2D eigenvalue weighted by molar-refractivity contribution is -0.130. The molecule has 6 heteroatoms.